The van der Waals surface area contributed by atoms with Gasteiger partial charge in [0.2, 0.25) is 0 Å². The molecule has 2 amide bonds. The van der Waals surface area contributed by atoms with Crippen LogP contribution in [0.5, 0.6) is 0 Å². The molecule has 1 rings (SSSR count). The van der Waals surface area contributed by atoms with Crippen LogP contribution >= 0.6 is 11.8 Å². The summed E-state index contributed by atoms with van der Waals surface area (Å²) in [5, 5.41) is -0.306. The van der Waals surface area contributed by atoms with Gasteiger partial charge in [-0.2, -0.15) is 4.99 Å². The summed E-state index contributed by atoms with van der Waals surface area (Å²) in [5.41, 5.74) is -2.00. The lowest BCUT2D eigenvalue weighted by Gasteiger charge is -2.47. The number of ether oxygens (including phenoxy) is 7. The molecule has 42 heavy (non-hydrogen) atoms. The van der Waals surface area contributed by atoms with Crippen molar-refractivity contribution in [2.45, 2.75) is 111 Å². The van der Waals surface area contributed by atoms with E-state index in [1.165, 1.54) is 6.26 Å². The van der Waals surface area contributed by atoms with Gasteiger partial charge in [0.25, 0.3) is 0 Å². The summed E-state index contributed by atoms with van der Waals surface area (Å²) in [7, 11) is 0. The second-order valence-electron chi connectivity index (χ2n) is 11.0. The SMILES string of the molecule is CS/C(=N\C(=O)OC(C)(C)C)N(C(=O)OC(C)(C)C)C1O[C@H](COC(C)=O)[C@H](OC(C)=O)[C@H](OC(C)=O)[C@H]1OC(C)=O. The van der Waals surface area contributed by atoms with E-state index in [0.29, 0.717) is 0 Å². The summed E-state index contributed by atoms with van der Waals surface area (Å²) in [6.45, 7) is 13.4. The van der Waals surface area contributed by atoms with E-state index in [-0.39, 0.29) is 5.17 Å². The first-order chi connectivity index (χ1) is 19.1. The molecule has 238 valence electrons. The monoisotopic (exact) mass is 620 g/mol. The third kappa shape index (κ3) is 12.2. The van der Waals surface area contributed by atoms with Gasteiger partial charge in [-0.3, -0.25) is 19.2 Å². The molecule has 15 nitrogen and oxygen atoms in total. The van der Waals surface area contributed by atoms with Gasteiger partial charge in [-0.25, -0.2) is 14.5 Å². The second kappa shape index (κ2) is 15.2. The molecule has 0 saturated carbocycles. The Balaban J connectivity index is 3.94. The first-order valence-corrected chi connectivity index (χ1v) is 14.1. The average Bonchev–Trinajstić information content (AvgIpc) is 2.77. The Bertz CT molecular complexity index is 1060. The minimum atomic E-state index is -1.71. The summed E-state index contributed by atoms with van der Waals surface area (Å²) in [6.07, 6.45) is -8.45. The van der Waals surface area contributed by atoms with Gasteiger partial charge in [-0.05, 0) is 47.8 Å². The van der Waals surface area contributed by atoms with Crippen molar-refractivity contribution < 1.29 is 61.9 Å². The maximum atomic E-state index is 13.7. The van der Waals surface area contributed by atoms with E-state index < -0.39 is 84.5 Å². The number of amidine groups is 1. The van der Waals surface area contributed by atoms with Gasteiger partial charge in [0.15, 0.2) is 29.7 Å². The lowest BCUT2D eigenvalue weighted by atomic mass is 9.96. The molecule has 0 radical (unpaired) electrons. The van der Waals surface area contributed by atoms with Crippen LogP contribution in [0.15, 0.2) is 4.99 Å². The summed E-state index contributed by atoms with van der Waals surface area (Å²) in [5.74, 6) is -3.29. The Morgan fingerprint density at radius 3 is 1.64 bits per heavy atom. The highest BCUT2D eigenvalue weighted by atomic mass is 32.2. The van der Waals surface area contributed by atoms with Crippen LogP contribution in [0.3, 0.4) is 0 Å². The molecule has 1 heterocycles. The van der Waals surface area contributed by atoms with E-state index in [4.69, 9.17) is 33.2 Å². The van der Waals surface area contributed by atoms with Gasteiger partial charge in [-0.15, -0.1) is 0 Å². The number of carbonyl (C=O) groups is 6. The maximum absolute atomic E-state index is 13.7. The van der Waals surface area contributed by atoms with Crippen molar-refractivity contribution in [2.24, 2.45) is 4.99 Å². The van der Waals surface area contributed by atoms with E-state index >= 15 is 0 Å². The average molecular weight is 621 g/mol. The minimum absolute atomic E-state index is 0.306. The Hall–Kier alpha value is -3.40. The number of esters is 4. The van der Waals surface area contributed by atoms with Crippen molar-refractivity contribution in [1.82, 2.24) is 4.90 Å². The smallest absolute Gasteiger partial charge is 0.436 e. The first-order valence-electron chi connectivity index (χ1n) is 12.8. The van der Waals surface area contributed by atoms with Crippen LogP contribution < -0.4 is 0 Å². The lowest BCUT2D eigenvalue weighted by Crippen LogP contribution is -2.67. The van der Waals surface area contributed by atoms with Crippen LogP contribution in [0.4, 0.5) is 9.59 Å². The van der Waals surface area contributed by atoms with Gasteiger partial charge < -0.3 is 33.2 Å². The van der Waals surface area contributed by atoms with E-state index in [1.807, 2.05) is 0 Å². The van der Waals surface area contributed by atoms with Gasteiger partial charge in [0.05, 0.1) is 0 Å². The fraction of sp³-hybridized carbons (Fsp3) is 0.731. The molecule has 0 N–H and O–H groups in total. The van der Waals surface area contributed by atoms with E-state index in [9.17, 15) is 28.8 Å². The number of amides is 2. The summed E-state index contributed by atoms with van der Waals surface area (Å²) in [4.78, 5) is 79.2. The van der Waals surface area contributed by atoms with Crippen molar-refractivity contribution in [1.29, 1.82) is 0 Å². The standard InChI is InChI=1S/C26H40N2O13S/c1-13(29)35-12-17-18(36-14(2)30)19(37-15(3)31)20(38-16(4)32)21(39-17)28(24(34)41-26(8,9)10)22(42-11)27-23(33)40-25(5,6)7/h17-21H,12H2,1-11H3/b27-22-/t17-,18+,19+,20-,21?/m1/s1. The number of hydrogen-bond acceptors (Lipinski definition) is 14. The topological polar surface area (TPSA) is 183 Å². The van der Waals surface area contributed by atoms with E-state index in [2.05, 4.69) is 4.99 Å². The lowest BCUT2D eigenvalue weighted by molar-refractivity contribution is -0.268. The molecule has 0 spiro atoms. The van der Waals surface area contributed by atoms with Crippen molar-refractivity contribution in [3.8, 4) is 0 Å². The number of aliphatic imine (C=N–C) groups is 1. The van der Waals surface area contributed by atoms with Crippen molar-refractivity contribution in [3.63, 3.8) is 0 Å². The molecule has 0 aliphatic carbocycles. The first kappa shape index (κ1) is 36.6. The second-order valence-corrected chi connectivity index (χ2v) is 11.8. The minimum Gasteiger partial charge on any atom is -0.463 e. The molecular formula is C26H40N2O13S. The number of nitrogens with zero attached hydrogens (tertiary/aromatic N) is 2. The highest BCUT2D eigenvalue weighted by Gasteiger charge is 2.56. The summed E-state index contributed by atoms with van der Waals surface area (Å²) < 4.78 is 38.3. The van der Waals surface area contributed by atoms with Gasteiger partial charge in [0.1, 0.15) is 23.9 Å². The molecule has 0 aromatic carbocycles. The molecule has 1 unspecified atom stereocenters. The molecule has 5 atom stereocenters. The molecule has 1 fully saturated rings. The molecule has 0 bridgehead atoms. The quantitative estimate of drug-likeness (QED) is 0.183. The molecule has 1 saturated heterocycles. The van der Waals surface area contributed by atoms with Crippen LogP contribution in [0.25, 0.3) is 0 Å². The molecule has 1 aliphatic heterocycles. The van der Waals surface area contributed by atoms with Crippen LogP contribution in [-0.2, 0) is 52.3 Å². The number of thioether (sulfide) groups is 1. The molecule has 16 heteroatoms. The molecule has 1 aliphatic rings. The number of hydrogen-bond donors (Lipinski definition) is 0. The number of carbonyl (C=O) groups excluding carboxylic acids is 6. The Morgan fingerprint density at radius 2 is 1.21 bits per heavy atom. The summed E-state index contributed by atoms with van der Waals surface area (Å²) >= 11 is 0.823. The zero-order chi connectivity index (χ0) is 32.6. The maximum Gasteiger partial charge on any atom is 0.436 e. The predicted molar refractivity (Wildman–Crippen MR) is 147 cm³/mol. The van der Waals surface area contributed by atoms with E-state index in [1.54, 1.807) is 41.5 Å². The predicted octanol–water partition coefficient (Wildman–Crippen LogP) is 2.96. The molecular weight excluding hydrogens is 580 g/mol. The third-order valence-electron chi connectivity index (χ3n) is 4.78. The van der Waals surface area contributed by atoms with Crippen LogP contribution in [0, 0.1) is 0 Å². The van der Waals surface area contributed by atoms with Crippen molar-refractivity contribution >= 4 is 53.0 Å². The normalized spacial score (nSPS) is 22.7. The van der Waals surface area contributed by atoms with Gasteiger partial charge in [-0.1, -0.05) is 11.8 Å². The zero-order valence-electron chi connectivity index (χ0n) is 25.7. The Morgan fingerprint density at radius 1 is 0.738 bits per heavy atom. The highest BCUT2D eigenvalue weighted by Crippen LogP contribution is 2.33. The fourth-order valence-corrected chi connectivity index (χ4v) is 4.12. The fourth-order valence-electron chi connectivity index (χ4n) is 3.58. The highest BCUT2D eigenvalue weighted by molar-refractivity contribution is 8.13. The van der Waals surface area contributed by atoms with Crippen LogP contribution in [-0.4, -0.2) is 101 Å². The van der Waals surface area contributed by atoms with E-state index in [0.717, 1.165) is 44.4 Å². The third-order valence-corrected chi connectivity index (χ3v) is 5.43. The Kier molecular flexibility index (Phi) is 13.2. The van der Waals surface area contributed by atoms with Crippen molar-refractivity contribution in [3.05, 3.63) is 0 Å². The van der Waals surface area contributed by atoms with Gasteiger partial charge >= 0.3 is 36.1 Å². The van der Waals surface area contributed by atoms with Gasteiger partial charge in [0, 0.05) is 27.7 Å². The largest absolute Gasteiger partial charge is 0.463 e. The number of rotatable bonds is 6. The van der Waals surface area contributed by atoms with Crippen molar-refractivity contribution in [2.75, 3.05) is 12.9 Å². The molecule has 0 aromatic heterocycles. The summed E-state index contributed by atoms with van der Waals surface area (Å²) in [6, 6.07) is 0. The molecule has 0 aromatic rings. The van der Waals surface area contributed by atoms with Crippen LogP contribution in [0.2, 0.25) is 0 Å². The zero-order valence-corrected chi connectivity index (χ0v) is 26.5. The van der Waals surface area contributed by atoms with Crippen LogP contribution in [0.1, 0.15) is 69.2 Å². The Labute approximate surface area is 248 Å².